The van der Waals surface area contributed by atoms with Gasteiger partial charge in [-0.3, -0.25) is 9.59 Å². The second kappa shape index (κ2) is 9.54. The smallest absolute Gasteiger partial charge is 0.254 e. The van der Waals surface area contributed by atoms with Crippen LogP contribution >= 0.6 is 0 Å². The summed E-state index contributed by atoms with van der Waals surface area (Å²) in [5.74, 6) is 0.0398. The van der Waals surface area contributed by atoms with Crippen molar-refractivity contribution in [2.45, 2.75) is 45.4 Å². The van der Waals surface area contributed by atoms with E-state index in [1.54, 1.807) is 0 Å². The molecule has 0 spiro atoms. The lowest BCUT2D eigenvalue weighted by atomic mass is 9.95. The summed E-state index contributed by atoms with van der Waals surface area (Å²) in [6, 6.07) is 13.8. The molecule has 1 aliphatic rings. The van der Waals surface area contributed by atoms with E-state index in [1.165, 1.54) is 12.8 Å². The molecule has 1 aliphatic heterocycles. The summed E-state index contributed by atoms with van der Waals surface area (Å²) in [6.45, 7) is 4.17. The summed E-state index contributed by atoms with van der Waals surface area (Å²) in [4.78, 5) is 27.5. The minimum Gasteiger partial charge on any atom is -0.356 e. The Balaban J connectivity index is 1.62. The molecule has 2 aromatic rings. The summed E-state index contributed by atoms with van der Waals surface area (Å²) >= 11 is 0. The Morgan fingerprint density at radius 3 is 2.74 bits per heavy atom. The number of hydrogen-bond donors (Lipinski definition) is 1. The van der Waals surface area contributed by atoms with Crippen LogP contribution in [0.1, 0.15) is 55.8 Å². The van der Waals surface area contributed by atoms with E-state index in [0.29, 0.717) is 6.54 Å². The molecule has 2 amide bonds. The van der Waals surface area contributed by atoms with Crippen molar-refractivity contribution in [2.24, 2.45) is 5.92 Å². The van der Waals surface area contributed by atoms with Crippen molar-refractivity contribution in [2.75, 3.05) is 19.6 Å². The fraction of sp³-hybridized carbons (Fsp3) is 0.478. The van der Waals surface area contributed by atoms with Crippen LogP contribution in [0.25, 0.3) is 10.8 Å². The molecule has 4 heteroatoms. The summed E-state index contributed by atoms with van der Waals surface area (Å²) in [5.41, 5.74) is 0.730. The van der Waals surface area contributed by atoms with Gasteiger partial charge >= 0.3 is 0 Å². The maximum absolute atomic E-state index is 13.1. The molecule has 1 fully saturated rings. The molecular formula is C23H30N2O2. The highest BCUT2D eigenvalue weighted by molar-refractivity contribution is 6.07. The Labute approximate surface area is 161 Å². The zero-order valence-electron chi connectivity index (χ0n) is 16.2. The first-order valence-corrected chi connectivity index (χ1v) is 10.3. The highest BCUT2D eigenvalue weighted by Gasteiger charge is 2.29. The highest BCUT2D eigenvalue weighted by Crippen LogP contribution is 2.23. The lowest BCUT2D eigenvalue weighted by molar-refractivity contribution is -0.126. The lowest BCUT2D eigenvalue weighted by Gasteiger charge is -2.32. The standard InChI is InChI=1S/C23H30N2O2/c1-2-3-4-7-15-24-22(26)19-12-9-16-25(17-19)23(27)21-14-8-11-18-10-5-6-13-20(18)21/h5-6,8,10-11,13-14,19H,2-4,7,9,12,15-17H2,1H3,(H,24,26). The van der Waals surface area contributed by atoms with Crippen molar-refractivity contribution >= 4 is 22.6 Å². The Bertz CT molecular complexity index is 782. The van der Waals surface area contributed by atoms with Gasteiger partial charge in [-0.1, -0.05) is 62.6 Å². The first-order valence-electron chi connectivity index (χ1n) is 10.3. The topological polar surface area (TPSA) is 49.4 Å². The normalized spacial score (nSPS) is 17.1. The molecule has 4 nitrogen and oxygen atoms in total. The van der Waals surface area contributed by atoms with Crippen LogP contribution in [0.4, 0.5) is 0 Å². The van der Waals surface area contributed by atoms with Crippen LogP contribution < -0.4 is 5.32 Å². The number of rotatable bonds is 7. The molecule has 2 aromatic carbocycles. The van der Waals surface area contributed by atoms with E-state index in [2.05, 4.69) is 12.2 Å². The Morgan fingerprint density at radius 2 is 1.89 bits per heavy atom. The van der Waals surface area contributed by atoms with Crippen molar-refractivity contribution in [1.82, 2.24) is 10.2 Å². The number of nitrogens with zero attached hydrogens (tertiary/aromatic N) is 1. The fourth-order valence-corrected chi connectivity index (χ4v) is 3.87. The second-order valence-corrected chi connectivity index (χ2v) is 7.47. The van der Waals surface area contributed by atoms with Crippen molar-refractivity contribution in [3.05, 3.63) is 48.0 Å². The molecule has 1 saturated heterocycles. The van der Waals surface area contributed by atoms with E-state index >= 15 is 0 Å². The number of amides is 2. The van der Waals surface area contributed by atoms with Crippen molar-refractivity contribution in [1.29, 1.82) is 0 Å². The van der Waals surface area contributed by atoms with Crippen molar-refractivity contribution in [3.63, 3.8) is 0 Å². The predicted molar refractivity (Wildman–Crippen MR) is 110 cm³/mol. The molecule has 144 valence electrons. The number of fused-ring (bicyclic) bond motifs is 1. The van der Waals surface area contributed by atoms with Crippen LogP contribution in [0, 0.1) is 5.92 Å². The molecule has 0 aromatic heterocycles. The SMILES string of the molecule is CCCCCCNC(=O)C1CCCN(C(=O)c2cccc3ccccc23)C1. The summed E-state index contributed by atoms with van der Waals surface area (Å²) in [5, 5.41) is 5.11. The van der Waals surface area contributed by atoms with Crippen LogP contribution in [0.3, 0.4) is 0 Å². The minimum absolute atomic E-state index is 0.0345. The Morgan fingerprint density at radius 1 is 1.07 bits per heavy atom. The Hall–Kier alpha value is -2.36. The number of hydrogen-bond acceptors (Lipinski definition) is 2. The van der Waals surface area contributed by atoms with E-state index in [0.717, 1.165) is 55.1 Å². The third-order valence-corrected chi connectivity index (χ3v) is 5.43. The van der Waals surface area contributed by atoms with Crippen molar-refractivity contribution < 1.29 is 9.59 Å². The summed E-state index contributed by atoms with van der Waals surface area (Å²) < 4.78 is 0. The van der Waals surface area contributed by atoms with Gasteiger partial charge in [0.25, 0.3) is 5.91 Å². The number of unbranched alkanes of at least 4 members (excludes halogenated alkanes) is 3. The molecule has 1 heterocycles. The third-order valence-electron chi connectivity index (χ3n) is 5.43. The first kappa shape index (κ1) is 19.4. The first-order chi connectivity index (χ1) is 13.2. The summed E-state index contributed by atoms with van der Waals surface area (Å²) in [7, 11) is 0. The van der Waals surface area contributed by atoms with Gasteiger partial charge in [0, 0.05) is 25.2 Å². The number of benzene rings is 2. The van der Waals surface area contributed by atoms with Gasteiger partial charge in [0.2, 0.25) is 5.91 Å². The monoisotopic (exact) mass is 366 g/mol. The predicted octanol–water partition coefficient (Wildman–Crippen LogP) is 4.39. The van der Waals surface area contributed by atoms with Crippen LogP contribution in [-0.4, -0.2) is 36.3 Å². The fourth-order valence-electron chi connectivity index (χ4n) is 3.87. The maximum atomic E-state index is 13.1. The van der Waals surface area contributed by atoms with Crippen LogP contribution in [0.5, 0.6) is 0 Å². The van der Waals surface area contributed by atoms with E-state index in [1.807, 2.05) is 47.4 Å². The largest absolute Gasteiger partial charge is 0.356 e. The van der Waals surface area contributed by atoms with Crippen molar-refractivity contribution in [3.8, 4) is 0 Å². The van der Waals surface area contributed by atoms with Crippen LogP contribution in [-0.2, 0) is 4.79 Å². The van der Waals surface area contributed by atoms with Crippen LogP contribution in [0.15, 0.2) is 42.5 Å². The average Bonchev–Trinajstić information content (AvgIpc) is 2.72. The highest BCUT2D eigenvalue weighted by atomic mass is 16.2. The average molecular weight is 367 g/mol. The quantitative estimate of drug-likeness (QED) is 0.739. The number of piperidine rings is 1. The molecule has 1 N–H and O–H groups in total. The number of likely N-dealkylation sites (tertiary alicyclic amines) is 1. The molecule has 3 rings (SSSR count). The van der Waals surface area contributed by atoms with Gasteiger partial charge in [0.15, 0.2) is 0 Å². The molecular weight excluding hydrogens is 336 g/mol. The zero-order valence-corrected chi connectivity index (χ0v) is 16.2. The van der Waals surface area contributed by atoms with Gasteiger partial charge in [0.1, 0.15) is 0 Å². The molecule has 0 bridgehead atoms. The Kier molecular flexibility index (Phi) is 6.86. The number of carbonyl (C=O) groups excluding carboxylic acids is 2. The molecule has 0 radical (unpaired) electrons. The van der Waals surface area contributed by atoms with Gasteiger partial charge in [-0.05, 0) is 36.1 Å². The zero-order chi connectivity index (χ0) is 19.1. The lowest BCUT2D eigenvalue weighted by Crippen LogP contribution is -2.45. The van der Waals surface area contributed by atoms with Gasteiger partial charge in [-0.15, -0.1) is 0 Å². The van der Waals surface area contributed by atoms with Gasteiger partial charge in [-0.25, -0.2) is 0 Å². The van der Waals surface area contributed by atoms with Gasteiger partial charge in [0.05, 0.1) is 5.92 Å². The van der Waals surface area contributed by atoms with E-state index in [-0.39, 0.29) is 17.7 Å². The third kappa shape index (κ3) is 4.88. The molecule has 0 aliphatic carbocycles. The van der Waals surface area contributed by atoms with E-state index in [4.69, 9.17) is 0 Å². The van der Waals surface area contributed by atoms with E-state index in [9.17, 15) is 9.59 Å². The molecule has 0 saturated carbocycles. The molecule has 1 unspecified atom stereocenters. The minimum atomic E-state index is -0.0937. The molecule has 27 heavy (non-hydrogen) atoms. The van der Waals surface area contributed by atoms with Gasteiger partial charge in [-0.2, -0.15) is 0 Å². The van der Waals surface area contributed by atoms with Gasteiger partial charge < -0.3 is 10.2 Å². The van der Waals surface area contributed by atoms with Crippen LogP contribution in [0.2, 0.25) is 0 Å². The summed E-state index contributed by atoms with van der Waals surface area (Å²) in [6.07, 6.45) is 6.34. The number of carbonyl (C=O) groups is 2. The molecule has 1 atom stereocenters. The van der Waals surface area contributed by atoms with E-state index < -0.39 is 0 Å². The maximum Gasteiger partial charge on any atom is 0.254 e. The number of nitrogens with one attached hydrogen (secondary N) is 1. The second-order valence-electron chi connectivity index (χ2n) is 7.47.